The van der Waals surface area contributed by atoms with Gasteiger partial charge in [-0.25, -0.2) is 0 Å². The van der Waals surface area contributed by atoms with E-state index in [-0.39, 0.29) is 0 Å². The predicted octanol–water partition coefficient (Wildman–Crippen LogP) is 2.89. The van der Waals surface area contributed by atoms with Crippen molar-refractivity contribution in [3.8, 4) is 0 Å². The van der Waals surface area contributed by atoms with Crippen molar-refractivity contribution in [1.29, 1.82) is 0 Å². The number of nitrogens with one attached hydrogen (secondary N) is 1. The number of nitrogens with zero attached hydrogens (tertiary/aromatic N) is 1. The van der Waals surface area contributed by atoms with Gasteiger partial charge in [-0.15, -0.1) is 11.3 Å². The first kappa shape index (κ1) is 12.9. The minimum absolute atomic E-state index is 0.569. The third-order valence-corrected chi connectivity index (χ3v) is 4.56. The van der Waals surface area contributed by atoms with Crippen molar-refractivity contribution >= 4 is 11.3 Å². The number of fused-ring (bicyclic) bond motifs is 1. The van der Waals surface area contributed by atoms with Crippen molar-refractivity contribution in [2.24, 2.45) is 0 Å². The van der Waals surface area contributed by atoms with Gasteiger partial charge in [0, 0.05) is 30.6 Å². The molecular weight excluding hydrogens is 252 g/mol. The van der Waals surface area contributed by atoms with Crippen LogP contribution in [0.1, 0.15) is 16.0 Å². The number of thiophene rings is 1. The van der Waals surface area contributed by atoms with Crippen LogP contribution in [0.5, 0.6) is 0 Å². The van der Waals surface area contributed by atoms with Crippen molar-refractivity contribution in [3.63, 3.8) is 0 Å². The van der Waals surface area contributed by atoms with Crippen LogP contribution >= 0.6 is 11.3 Å². The fourth-order valence-electron chi connectivity index (χ4n) is 2.76. The molecule has 0 saturated heterocycles. The van der Waals surface area contributed by atoms with Crippen LogP contribution in [0.15, 0.2) is 41.8 Å². The molecule has 2 aromatic rings. The average Bonchev–Trinajstić information content (AvgIpc) is 2.91. The fourth-order valence-corrected chi connectivity index (χ4v) is 3.54. The van der Waals surface area contributed by atoms with Gasteiger partial charge in [0.05, 0.1) is 0 Å². The van der Waals surface area contributed by atoms with Crippen LogP contribution in [0.2, 0.25) is 0 Å². The molecule has 1 aromatic carbocycles. The average molecular weight is 272 g/mol. The Morgan fingerprint density at radius 2 is 2.05 bits per heavy atom. The number of hydrogen-bond acceptors (Lipinski definition) is 3. The maximum absolute atomic E-state index is 3.65. The molecule has 1 aliphatic rings. The first-order valence-corrected chi connectivity index (χ1v) is 7.70. The molecule has 0 aliphatic carbocycles. The summed E-state index contributed by atoms with van der Waals surface area (Å²) in [6.07, 6.45) is 1.14. The predicted molar refractivity (Wildman–Crippen MR) is 81.4 cm³/mol. The second-order valence-corrected chi connectivity index (χ2v) is 6.36. The quantitative estimate of drug-likeness (QED) is 0.920. The molecule has 1 N–H and O–H groups in total. The zero-order valence-electron chi connectivity index (χ0n) is 11.3. The van der Waals surface area contributed by atoms with Crippen LogP contribution in [0.3, 0.4) is 0 Å². The van der Waals surface area contributed by atoms with Crippen LogP contribution in [-0.2, 0) is 19.5 Å². The number of benzene rings is 1. The Kier molecular flexibility index (Phi) is 3.97. The second kappa shape index (κ2) is 5.87. The molecule has 1 unspecified atom stereocenters. The number of rotatable bonds is 4. The SMILES string of the molecule is CN(Cc1cccs1)CC1Cc2ccccc2CN1. The lowest BCUT2D eigenvalue weighted by Gasteiger charge is -2.29. The van der Waals surface area contributed by atoms with Crippen LogP contribution in [0.4, 0.5) is 0 Å². The molecule has 3 heteroatoms. The summed E-state index contributed by atoms with van der Waals surface area (Å²) < 4.78 is 0. The second-order valence-electron chi connectivity index (χ2n) is 5.33. The Hall–Kier alpha value is -1.16. The van der Waals surface area contributed by atoms with Gasteiger partial charge < -0.3 is 5.32 Å². The first-order chi connectivity index (χ1) is 9.31. The van der Waals surface area contributed by atoms with Crippen LogP contribution in [0, 0.1) is 0 Å². The molecule has 1 aromatic heterocycles. The third kappa shape index (κ3) is 3.24. The van der Waals surface area contributed by atoms with Gasteiger partial charge in [0.25, 0.3) is 0 Å². The third-order valence-electron chi connectivity index (χ3n) is 3.70. The molecule has 0 radical (unpaired) electrons. The molecule has 2 heterocycles. The normalized spacial score (nSPS) is 18.5. The van der Waals surface area contributed by atoms with Gasteiger partial charge in [-0.3, -0.25) is 4.90 Å². The molecule has 2 nitrogen and oxygen atoms in total. The summed E-state index contributed by atoms with van der Waals surface area (Å²) in [4.78, 5) is 3.86. The van der Waals surface area contributed by atoms with Crippen molar-refractivity contribution in [3.05, 3.63) is 57.8 Å². The summed E-state index contributed by atoms with van der Waals surface area (Å²) in [6, 6.07) is 13.7. The molecule has 0 spiro atoms. The van der Waals surface area contributed by atoms with E-state index in [1.54, 1.807) is 0 Å². The largest absolute Gasteiger partial charge is 0.308 e. The molecule has 1 aliphatic heterocycles. The molecular formula is C16H20N2S. The molecule has 0 amide bonds. The Balaban J connectivity index is 1.57. The van der Waals surface area contributed by atoms with Gasteiger partial charge in [-0.2, -0.15) is 0 Å². The highest BCUT2D eigenvalue weighted by Crippen LogP contribution is 2.17. The highest BCUT2D eigenvalue weighted by atomic mass is 32.1. The van der Waals surface area contributed by atoms with E-state index in [1.807, 2.05) is 11.3 Å². The van der Waals surface area contributed by atoms with Gasteiger partial charge in [-0.05, 0) is 36.0 Å². The summed E-state index contributed by atoms with van der Waals surface area (Å²) >= 11 is 1.84. The summed E-state index contributed by atoms with van der Waals surface area (Å²) in [6.45, 7) is 3.16. The summed E-state index contributed by atoms with van der Waals surface area (Å²) in [7, 11) is 2.21. The molecule has 0 saturated carbocycles. The standard InChI is InChI=1S/C16H20N2S/c1-18(12-16-7-4-8-19-16)11-15-9-13-5-2-3-6-14(13)10-17-15/h2-8,15,17H,9-12H2,1H3. The van der Waals surface area contributed by atoms with Crippen molar-refractivity contribution in [2.75, 3.05) is 13.6 Å². The van der Waals surface area contributed by atoms with Crippen LogP contribution in [-0.4, -0.2) is 24.5 Å². The summed E-state index contributed by atoms with van der Waals surface area (Å²) in [5.74, 6) is 0. The van der Waals surface area contributed by atoms with Crippen LogP contribution < -0.4 is 5.32 Å². The van der Waals surface area contributed by atoms with Crippen molar-refractivity contribution < 1.29 is 0 Å². The lowest BCUT2D eigenvalue weighted by molar-refractivity contribution is 0.276. The molecule has 3 rings (SSSR count). The van der Waals surface area contributed by atoms with Gasteiger partial charge >= 0.3 is 0 Å². The minimum atomic E-state index is 0.569. The van der Waals surface area contributed by atoms with Gasteiger partial charge in [-0.1, -0.05) is 30.3 Å². The topological polar surface area (TPSA) is 15.3 Å². The van der Waals surface area contributed by atoms with E-state index < -0.39 is 0 Å². The lowest BCUT2D eigenvalue weighted by atomic mass is 9.96. The van der Waals surface area contributed by atoms with E-state index >= 15 is 0 Å². The zero-order chi connectivity index (χ0) is 13.1. The summed E-state index contributed by atoms with van der Waals surface area (Å²) in [5.41, 5.74) is 2.97. The molecule has 0 bridgehead atoms. The lowest BCUT2D eigenvalue weighted by Crippen LogP contribution is -2.43. The molecule has 0 fully saturated rings. The van der Waals surface area contributed by atoms with E-state index in [0.717, 1.165) is 26.1 Å². The highest BCUT2D eigenvalue weighted by molar-refractivity contribution is 7.09. The van der Waals surface area contributed by atoms with Crippen LogP contribution in [0.25, 0.3) is 0 Å². The maximum Gasteiger partial charge on any atom is 0.0325 e. The maximum atomic E-state index is 3.65. The van der Waals surface area contributed by atoms with E-state index in [0.29, 0.717) is 6.04 Å². The number of hydrogen-bond donors (Lipinski definition) is 1. The Bertz CT molecular complexity index is 521. The van der Waals surface area contributed by atoms with E-state index in [1.165, 1.54) is 16.0 Å². The zero-order valence-corrected chi connectivity index (χ0v) is 12.1. The van der Waals surface area contributed by atoms with Gasteiger partial charge in [0.2, 0.25) is 0 Å². The molecule has 1 atom stereocenters. The highest BCUT2D eigenvalue weighted by Gasteiger charge is 2.18. The smallest absolute Gasteiger partial charge is 0.0325 e. The van der Waals surface area contributed by atoms with Crippen molar-refractivity contribution in [1.82, 2.24) is 10.2 Å². The monoisotopic (exact) mass is 272 g/mol. The number of likely N-dealkylation sites (N-methyl/N-ethyl adjacent to an activating group) is 1. The van der Waals surface area contributed by atoms with E-state index in [9.17, 15) is 0 Å². The van der Waals surface area contributed by atoms with Gasteiger partial charge in [0.15, 0.2) is 0 Å². The summed E-state index contributed by atoms with van der Waals surface area (Å²) in [5, 5.41) is 5.80. The molecule has 100 valence electrons. The van der Waals surface area contributed by atoms with E-state index in [2.05, 4.69) is 59.0 Å². The minimum Gasteiger partial charge on any atom is -0.308 e. The van der Waals surface area contributed by atoms with E-state index in [4.69, 9.17) is 0 Å². The van der Waals surface area contributed by atoms with Crippen molar-refractivity contribution in [2.45, 2.75) is 25.6 Å². The Labute approximate surface area is 119 Å². The van der Waals surface area contributed by atoms with Gasteiger partial charge in [0.1, 0.15) is 0 Å². The Morgan fingerprint density at radius 3 is 2.84 bits per heavy atom. The fraction of sp³-hybridized carbons (Fsp3) is 0.375. The Morgan fingerprint density at radius 1 is 1.21 bits per heavy atom. The molecule has 19 heavy (non-hydrogen) atoms. The first-order valence-electron chi connectivity index (χ1n) is 6.82.